The van der Waals surface area contributed by atoms with Crippen LogP contribution in [0.5, 0.6) is 0 Å². The summed E-state index contributed by atoms with van der Waals surface area (Å²) in [4.78, 5) is 27.8. The Hall–Kier alpha value is -3.29. The number of benzene rings is 1. The zero-order chi connectivity index (χ0) is 17.8. The molecule has 128 valence electrons. The van der Waals surface area contributed by atoms with Gasteiger partial charge in [0.2, 0.25) is 11.7 Å². The molecule has 0 spiro atoms. The highest BCUT2D eigenvalue weighted by molar-refractivity contribution is 5.75. The van der Waals surface area contributed by atoms with E-state index in [9.17, 15) is 14.0 Å². The van der Waals surface area contributed by atoms with Gasteiger partial charge in [-0.1, -0.05) is 11.2 Å². The van der Waals surface area contributed by atoms with Crippen molar-refractivity contribution in [1.82, 2.24) is 20.0 Å². The molecule has 0 aliphatic rings. The molecule has 8 heteroatoms. The van der Waals surface area contributed by atoms with E-state index in [1.807, 2.05) is 0 Å². The second-order valence-corrected chi connectivity index (χ2v) is 5.27. The van der Waals surface area contributed by atoms with Gasteiger partial charge in [-0.15, -0.1) is 0 Å². The topological polar surface area (TPSA) is 90.0 Å². The fraction of sp³-hybridized carbons (Fsp3) is 0.176. The van der Waals surface area contributed by atoms with E-state index >= 15 is 0 Å². The minimum absolute atomic E-state index is 0.102. The number of aromatic nitrogens is 3. The first-order chi connectivity index (χ1) is 12.1. The minimum atomic E-state index is -0.410. The average molecular weight is 342 g/mol. The van der Waals surface area contributed by atoms with E-state index in [-0.39, 0.29) is 29.7 Å². The molecule has 0 aliphatic carbocycles. The van der Waals surface area contributed by atoms with Gasteiger partial charge in [0.25, 0.3) is 11.4 Å². The van der Waals surface area contributed by atoms with Crippen LogP contribution in [0.1, 0.15) is 6.92 Å². The third-order valence-corrected chi connectivity index (χ3v) is 3.43. The van der Waals surface area contributed by atoms with Gasteiger partial charge in [-0.3, -0.25) is 9.59 Å². The second kappa shape index (κ2) is 7.08. The lowest BCUT2D eigenvalue weighted by Gasteiger charge is -2.06. The summed E-state index contributed by atoms with van der Waals surface area (Å²) >= 11 is 0. The number of nitrogens with zero attached hydrogens (tertiary/aromatic N) is 3. The maximum Gasteiger partial charge on any atom is 0.258 e. The summed E-state index contributed by atoms with van der Waals surface area (Å²) in [7, 11) is 0. The van der Waals surface area contributed by atoms with E-state index in [2.05, 4.69) is 15.5 Å². The van der Waals surface area contributed by atoms with Gasteiger partial charge >= 0.3 is 0 Å². The van der Waals surface area contributed by atoms with Gasteiger partial charge in [0.15, 0.2) is 0 Å². The highest BCUT2D eigenvalue weighted by Gasteiger charge is 2.13. The Kier molecular flexibility index (Phi) is 4.69. The van der Waals surface area contributed by atoms with Crippen molar-refractivity contribution < 1.29 is 13.7 Å². The third kappa shape index (κ3) is 3.79. The standard InChI is InChI=1S/C17H15FN4O3/c1-2-19-14(23)10-22-9-12(6-7-15(22)24)16-20-17(25-21-16)11-4-3-5-13(18)8-11/h3-9H,2,10H2,1H3,(H,19,23). The van der Waals surface area contributed by atoms with Crippen LogP contribution in [0, 0.1) is 5.82 Å². The van der Waals surface area contributed by atoms with Crippen molar-refractivity contribution in [2.45, 2.75) is 13.5 Å². The summed E-state index contributed by atoms with van der Waals surface area (Å²) in [6.45, 7) is 2.18. The SMILES string of the molecule is CCNC(=O)Cn1cc(-c2noc(-c3cccc(F)c3)n2)ccc1=O. The molecule has 1 aromatic carbocycles. The van der Waals surface area contributed by atoms with Crippen molar-refractivity contribution >= 4 is 5.91 Å². The first kappa shape index (κ1) is 16.6. The minimum Gasteiger partial charge on any atom is -0.355 e. The van der Waals surface area contributed by atoms with Crippen LogP contribution in [0.25, 0.3) is 22.8 Å². The van der Waals surface area contributed by atoms with E-state index in [4.69, 9.17) is 4.52 Å². The lowest BCUT2D eigenvalue weighted by molar-refractivity contribution is -0.121. The maximum atomic E-state index is 13.3. The van der Waals surface area contributed by atoms with Crippen molar-refractivity contribution in [1.29, 1.82) is 0 Å². The molecular weight excluding hydrogens is 327 g/mol. The number of hydrogen-bond donors (Lipinski definition) is 1. The normalized spacial score (nSPS) is 10.6. The van der Waals surface area contributed by atoms with Gasteiger partial charge in [0, 0.05) is 29.9 Å². The van der Waals surface area contributed by atoms with Gasteiger partial charge in [0.1, 0.15) is 12.4 Å². The highest BCUT2D eigenvalue weighted by atomic mass is 19.1. The second-order valence-electron chi connectivity index (χ2n) is 5.27. The van der Waals surface area contributed by atoms with Crippen molar-refractivity contribution in [2.75, 3.05) is 6.54 Å². The number of amides is 1. The molecule has 1 amide bonds. The number of pyridine rings is 1. The molecule has 2 heterocycles. The van der Waals surface area contributed by atoms with Crippen LogP contribution in [0.4, 0.5) is 4.39 Å². The summed E-state index contributed by atoms with van der Waals surface area (Å²) in [6, 6.07) is 8.66. The fourth-order valence-corrected chi connectivity index (χ4v) is 2.27. The first-order valence-corrected chi connectivity index (χ1v) is 7.64. The van der Waals surface area contributed by atoms with Crippen LogP contribution in [-0.2, 0) is 11.3 Å². The van der Waals surface area contributed by atoms with Crippen molar-refractivity contribution in [3.05, 3.63) is 58.8 Å². The van der Waals surface area contributed by atoms with Crippen LogP contribution >= 0.6 is 0 Å². The molecule has 0 saturated carbocycles. The lowest BCUT2D eigenvalue weighted by Crippen LogP contribution is -2.31. The maximum absolute atomic E-state index is 13.3. The molecule has 0 bridgehead atoms. The number of hydrogen-bond acceptors (Lipinski definition) is 5. The van der Waals surface area contributed by atoms with Crippen LogP contribution in [0.3, 0.4) is 0 Å². The number of halogens is 1. The number of rotatable bonds is 5. The third-order valence-electron chi connectivity index (χ3n) is 3.43. The monoisotopic (exact) mass is 342 g/mol. The van der Waals surface area contributed by atoms with E-state index in [1.165, 1.54) is 35.0 Å². The molecule has 0 saturated heterocycles. The molecule has 1 N–H and O–H groups in total. The summed E-state index contributed by atoms with van der Waals surface area (Å²) in [5.41, 5.74) is 0.647. The van der Waals surface area contributed by atoms with Crippen molar-refractivity contribution in [3.8, 4) is 22.8 Å². The smallest absolute Gasteiger partial charge is 0.258 e. The number of carbonyl (C=O) groups excluding carboxylic acids is 1. The van der Waals surface area contributed by atoms with E-state index < -0.39 is 5.82 Å². The van der Waals surface area contributed by atoms with E-state index in [0.29, 0.717) is 17.7 Å². The van der Waals surface area contributed by atoms with Crippen molar-refractivity contribution in [3.63, 3.8) is 0 Å². The summed E-state index contributed by atoms with van der Waals surface area (Å²) in [5.74, 6) is -0.275. The van der Waals surface area contributed by atoms with Crippen molar-refractivity contribution in [2.24, 2.45) is 0 Å². The largest absolute Gasteiger partial charge is 0.355 e. The van der Waals surface area contributed by atoms with E-state index in [0.717, 1.165) is 0 Å². The Labute approximate surface area is 142 Å². The Morgan fingerprint density at radius 1 is 1.28 bits per heavy atom. The zero-order valence-electron chi connectivity index (χ0n) is 13.4. The van der Waals surface area contributed by atoms with E-state index in [1.54, 1.807) is 19.1 Å². The van der Waals surface area contributed by atoms with Crippen LogP contribution in [-0.4, -0.2) is 27.2 Å². The van der Waals surface area contributed by atoms with Gasteiger partial charge < -0.3 is 14.4 Å². The number of carbonyl (C=O) groups is 1. The Bertz CT molecular complexity index is 964. The van der Waals surface area contributed by atoms with Gasteiger partial charge in [0.05, 0.1) is 0 Å². The summed E-state index contributed by atoms with van der Waals surface area (Å²) < 4.78 is 19.7. The van der Waals surface area contributed by atoms with Crippen LogP contribution in [0.2, 0.25) is 0 Å². The molecule has 25 heavy (non-hydrogen) atoms. The predicted molar refractivity (Wildman–Crippen MR) is 88.1 cm³/mol. The summed E-state index contributed by atoms with van der Waals surface area (Å²) in [5, 5.41) is 6.48. The predicted octanol–water partition coefficient (Wildman–Crippen LogP) is 1.84. The molecule has 0 fully saturated rings. The molecule has 0 radical (unpaired) electrons. The Balaban J connectivity index is 1.90. The Morgan fingerprint density at radius 2 is 2.12 bits per heavy atom. The number of likely N-dealkylation sites (N-methyl/N-ethyl adjacent to an activating group) is 1. The van der Waals surface area contributed by atoms with Crippen LogP contribution < -0.4 is 10.9 Å². The summed E-state index contributed by atoms with van der Waals surface area (Å²) in [6.07, 6.45) is 1.48. The van der Waals surface area contributed by atoms with Gasteiger partial charge in [-0.25, -0.2) is 4.39 Å². The molecular formula is C17H15FN4O3. The molecule has 2 aromatic heterocycles. The lowest BCUT2D eigenvalue weighted by atomic mass is 10.2. The van der Waals surface area contributed by atoms with Gasteiger partial charge in [-0.2, -0.15) is 4.98 Å². The number of nitrogens with one attached hydrogen (secondary N) is 1. The molecule has 0 aliphatic heterocycles. The molecule has 0 unspecified atom stereocenters. The quantitative estimate of drug-likeness (QED) is 0.764. The van der Waals surface area contributed by atoms with Crippen LogP contribution in [0.15, 0.2) is 51.9 Å². The van der Waals surface area contributed by atoms with Gasteiger partial charge in [-0.05, 0) is 31.2 Å². The molecule has 3 aromatic rings. The average Bonchev–Trinajstić information content (AvgIpc) is 3.07. The fourth-order valence-electron chi connectivity index (χ4n) is 2.27. The highest BCUT2D eigenvalue weighted by Crippen LogP contribution is 2.22. The molecule has 3 rings (SSSR count). The zero-order valence-corrected chi connectivity index (χ0v) is 13.4. The first-order valence-electron chi connectivity index (χ1n) is 7.64. The molecule has 7 nitrogen and oxygen atoms in total. The molecule has 0 atom stereocenters. The Morgan fingerprint density at radius 3 is 2.88 bits per heavy atom.